The second-order valence-electron chi connectivity index (χ2n) is 3.14. The molecule has 0 aliphatic carbocycles. The van der Waals surface area contributed by atoms with Crippen LogP contribution in [-0.4, -0.2) is 6.54 Å². The van der Waals surface area contributed by atoms with Crippen molar-refractivity contribution in [2.45, 2.75) is 19.3 Å². The lowest BCUT2D eigenvalue weighted by Crippen LogP contribution is -2.04. The SMILES string of the molecule is CC(CCN)c1cc(Cl)ccc1Cl. The van der Waals surface area contributed by atoms with Crippen LogP contribution in [0, 0.1) is 0 Å². The zero-order valence-corrected chi connectivity index (χ0v) is 9.07. The number of hydrogen-bond donors (Lipinski definition) is 1. The minimum atomic E-state index is 0.371. The molecular weight excluding hydrogens is 205 g/mol. The first kappa shape index (κ1) is 10.8. The summed E-state index contributed by atoms with van der Waals surface area (Å²) in [6.07, 6.45) is 0.931. The van der Waals surface area contributed by atoms with E-state index in [-0.39, 0.29) is 0 Å². The summed E-state index contributed by atoms with van der Waals surface area (Å²) in [5.41, 5.74) is 6.56. The zero-order chi connectivity index (χ0) is 9.84. The molecular formula is C10H13Cl2N. The summed E-state index contributed by atoms with van der Waals surface area (Å²) in [5.74, 6) is 0.371. The van der Waals surface area contributed by atoms with Crippen LogP contribution < -0.4 is 5.73 Å². The first-order valence-corrected chi connectivity index (χ1v) is 5.05. The van der Waals surface area contributed by atoms with E-state index in [1.807, 2.05) is 12.1 Å². The third-order valence-electron chi connectivity index (χ3n) is 2.09. The largest absolute Gasteiger partial charge is 0.330 e. The Bertz CT molecular complexity index is 286. The zero-order valence-electron chi connectivity index (χ0n) is 7.56. The van der Waals surface area contributed by atoms with E-state index in [0.29, 0.717) is 12.5 Å². The second-order valence-corrected chi connectivity index (χ2v) is 3.99. The molecule has 3 heteroatoms. The molecule has 0 amide bonds. The number of nitrogens with two attached hydrogens (primary N) is 1. The van der Waals surface area contributed by atoms with Crippen molar-refractivity contribution >= 4 is 23.2 Å². The van der Waals surface area contributed by atoms with Crippen LogP contribution in [0.25, 0.3) is 0 Å². The summed E-state index contributed by atoms with van der Waals surface area (Å²) >= 11 is 11.9. The molecule has 0 heterocycles. The smallest absolute Gasteiger partial charge is 0.0441 e. The minimum absolute atomic E-state index is 0.371. The normalized spacial score (nSPS) is 12.9. The molecule has 2 N–H and O–H groups in total. The maximum Gasteiger partial charge on any atom is 0.0441 e. The maximum absolute atomic E-state index is 6.03. The topological polar surface area (TPSA) is 26.0 Å². The van der Waals surface area contributed by atoms with Crippen molar-refractivity contribution in [3.63, 3.8) is 0 Å². The van der Waals surface area contributed by atoms with E-state index in [2.05, 4.69) is 6.92 Å². The quantitative estimate of drug-likeness (QED) is 0.826. The van der Waals surface area contributed by atoms with Gasteiger partial charge < -0.3 is 5.73 Å². The van der Waals surface area contributed by atoms with Gasteiger partial charge in [-0.2, -0.15) is 0 Å². The van der Waals surface area contributed by atoms with Crippen molar-refractivity contribution in [3.05, 3.63) is 33.8 Å². The summed E-state index contributed by atoms with van der Waals surface area (Å²) < 4.78 is 0. The van der Waals surface area contributed by atoms with Gasteiger partial charge >= 0.3 is 0 Å². The van der Waals surface area contributed by atoms with Gasteiger partial charge in [0.1, 0.15) is 0 Å². The van der Waals surface area contributed by atoms with Gasteiger partial charge in [-0.25, -0.2) is 0 Å². The van der Waals surface area contributed by atoms with Crippen LogP contribution in [-0.2, 0) is 0 Å². The highest BCUT2D eigenvalue weighted by molar-refractivity contribution is 6.33. The molecule has 1 aromatic carbocycles. The Labute approximate surface area is 88.8 Å². The average molecular weight is 218 g/mol. The van der Waals surface area contributed by atoms with Gasteiger partial charge in [-0.1, -0.05) is 30.1 Å². The molecule has 0 bridgehead atoms. The first-order valence-electron chi connectivity index (χ1n) is 4.30. The van der Waals surface area contributed by atoms with Crippen LogP contribution in [0.5, 0.6) is 0 Å². The number of halogens is 2. The van der Waals surface area contributed by atoms with E-state index in [4.69, 9.17) is 28.9 Å². The van der Waals surface area contributed by atoms with Crippen LogP contribution >= 0.6 is 23.2 Å². The lowest BCUT2D eigenvalue weighted by Gasteiger charge is -2.12. The summed E-state index contributed by atoms with van der Waals surface area (Å²) in [6, 6.07) is 5.53. The molecule has 0 saturated carbocycles. The van der Waals surface area contributed by atoms with Gasteiger partial charge in [0.15, 0.2) is 0 Å². The Morgan fingerprint density at radius 1 is 1.38 bits per heavy atom. The summed E-state index contributed by atoms with van der Waals surface area (Å²) in [5, 5.41) is 1.49. The molecule has 0 spiro atoms. The lowest BCUT2D eigenvalue weighted by atomic mass is 9.98. The van der Waals surface area contributed by atoms with Gasteiger partial charge in [0.25, 0.3) is 0 Å². The standard InChI is InChI=1S/C10H13Cl2N/c1-7(4-5-13)9-6-8(11)2-3-10(9)12/h2-3,6-7H,4-5,13H2,1H3. The van der Waals surface area contributed by atoms with E-state index >= 15 is 0 Å². The third-order valence-corrected chi connectivity index (χ3v) is 2.67. The molecule has 0 aromatic heterocycles. The first-order chi connectivity index (χ1) is 6.15. The number of benzene rings is 1. The fourth-order valence-electron chi connectivity index (χ4n) is 1.30. The Hall–Kier alpha value is -0.240. The van der Waals surface area contributed by atoms with Gasteiger partial charge in [0.05, 0.1) is 0 Å². The molecule has 72 valence electrons. The summed E-state index contributed by atoms with van der Waals surface area (Å²) in [4.78, 5) is 0. The Kier molecular flexibility index (Phi) is 4.04. The van der Waals surface area contributed by atoms with Crippen molar-refractivity contribution < 1.29 is 0 Å². The fraction of sp³-hybridized carbons (Fsp3) is 0.400. The third kappa shape index (κ3) is 2.87. The molecule has 1 rings (SSSR count). The molecule has 0 saturated heterocycles. The molecule has 0 aliphatic rings. The van der Waals surface area contributed by atoms with Crippen LogP contribution in [0.4, 0.5) is 0 Å². The monoisotopic (exact) mass is 217 g/mol. The Morgan fingerprint density at radius 2 is 2.08 bits per heavy atom. The Balaban J connectivity index is 2.91. The average Bonchev–Trinajstić information content (AvgIpc) is 2.09. The Morgan fingerprint density at radius 3 is 2.69 bits per heavy atom. The van der Waals surface area contributed by atoms with E-state index < -0.39 is 0 Å². The van der Waals surface area contributed by atoms with Crippen LogP contribution in [0.2, 0.25) is 10.0 Å². The predicted molar refractivity (Wildman–Crippen MR) is 58.5 cm³/mol. The van der Waals surface area contributed by atoms with Crippen molar-refractivity contribution in [2.75, 3.05) is 6.54 Å². The molecule has 0 radical (unpaired) electrons. The number of hydrogen-bond acceptors (Lipinski definition) is 1. The van der Waals surface area contributed by atoms with E-state index in [1.54, 1.807) is 6.07 Å². The molecule has 1 atom stereocenters. The molecule has 0 aliphatic heterocycles. The van der Waals surface area contributed by atoms with Crippen LogP contribution in [0.3, 0.4) is 0 Å². The highest BCUT2D eigenvalue weighted by Gasteiger charge is 2.08. The maximum atomic E-state index is 6.03. The molecule has 1 nitrogen and oxygen atoms in total. The van der Waals surface area contributed by atoms with Crippen molar-refractivity contribution in [1.82, 2.24) is 0 Å². The molecule has 0 fully saturated rings. The van der Waals surface area contributed by atoms with Crippen molar-refractivity contribution in [3.8, 4) is 0 Å². The lowest BCUT2D eigenvalue weighted by molar-refractivity contribution is 0.690. The predicted octanol–water partition coefficient (Wildman–Crippen LogP) is 3.45. The highest BCUT2D eigenvalue weighted by Crippen LogP contribution is 2.28. The second kappa shape index (κ2) is 4.85. The van der Waals surface area contributed by atoms with Gasteiger partial charge in [0.2, 0.25) is 0 Å². The van der Waals surface area contributed by atoms with Crippen LogP contribution in [0.1, 0.15) is 24.8 Å². The van der Waals surface area contributed by atoms with Crippen molar-refractivity contribution in [2.24, 2.45) is 5.73 Å². The number of rotatable bonds is 3. The van der Waals surface area contributed by atoms with E-state index in [0.717, 1.165) is 22.0 Å². The molecule has 13 heavy (non-hydrogen) atoms. The van der Waals surface area contributed by atoms with Crippen molar-refractivity contribution in [1.29, 1.82) is 0 Å². The minimum Gasteiger partial charge on any atom is -0.330 e. The fourth-order valence-corrected chi connectivity index (χ4v) is 1.78. The summed E-state index contributed by atoms with van der Waals surface area (Å²) in [7, 11) is 0. The highest BCUT2D eigenvalue weighted by atomic mass is 35.5. The molecule has 1 aromatic rings. The van der Waals surface area contributed by atoms with Gasteiger partial charge in [-0.05, 0) is 42.6 Å². The molecule has 1 unspecified atom stereocenters. The van der Waals surface area contributed by atoms with Gasteiger partial charge in [-0.3, -0.25) is 0 Å². The van der Waals surface area contributed by atoms with Crippen LogP contribution in [0.15, 0.2) is 18.2 Å². The summed E-state index contributed by atoms with van der Waals surface area (Å²) in [6.45, 7) is 2.77. The van der Waals surface area contributed by atoms with Gasteiger partial charge in [0, 0.05) is 10.0 Å². The van der Waals surface area contributed by atoms with Gasteiger partial charge in [-0.15, -0.1) is 0 Å². The van der Waals surface area contributed by atoms with E-state index in [1.165, 1.54) is 0 Å². The van der Waals surface area contributed by atoms with E-state index in [9.17, 15) is 0 Å².